The molecule has 0 saturated carbocycles. The number of rotatable bonds is 4. The van der Waals surface area contributed by atoms with Crippen molar-refractivity contribution in [2.24, 2.45) is 0 Å². The van der Waals surface area contributed by atoms with Crippen LogP contribution in [0.1, 0.15) is 25.7 Å². The Balaban J connectivity index is 1.42. The van der Waals surface area contributed by atoms with Crippen molar-refractivity contribution < 1.29 is 9.53 Å². The van der Waals surface area contributed by atoms with Crippen molar-refractivity contribution in [3.05, 3.63) is 11.6 Å². The molecular weight excluding hydrogens is 274 g/mol. The van der Waals surface area contributed by atoms with E-state index in [1.54, 1.807) is 11.3 Å². The van der Waals surface area contributed by atoms with Crippen molar-refractivity contribution in [3.8, 4) is 0 Å². The Kier molecular flexibility index (Phi) is 4.52. The molecule has 2 saturated heterocycles. The van der Waals surface area contributed by atoms with Crippen LogP contribution in [-0.4, -0.2) is 54.7 Å². The molecule has 0 aromatic carbocycles. The quantitative estimate of drug-likeness (QED) is 0.849. The predicted molar refractivity (Wildman–Crippen MR) is 79.1 cm³/mol. The third kappa shape index (κ3) is 3.30. The molecule has 110 valence electrons. The molecule has 1 aromatic heterocycles. The molecule has 3 heterocycles. The summed E-state index contributed by atoms with van der Waals surface area (Å²) in [5, 5.41) is 3.06. The van der Waals surface area contributed by atoms with Gasteiger partial charge in [-0.2, -0.15) is 0 Å². The summed E-state index contributed by atoms with van der Waals surface area (Å²) in [5.41, 5.74) is 0. The fraction of sp³-hybridized carbons (Fsp3) is 0.714. The highest BCUT2D eigenvalue weighted by molar-refractivity contribution is 7.13. The topological polar surface area (TPSA) is 45.7 Å². The molecule has 1 amide bonds. The summed E-state index contributed by atoms with van der Waals surface area (Å²) in [6.07, 6.45) is 5.92. The lowest BCUT2D eigenvalue weighted by Crippen LogP contribution is -2.48. The average Bonchev–Trinajstić information content (AvgIpc) is 3.18. The molecule has 2 fully saturated rings. The number of thiazole rings is 1. The van der Waals surface area contributed by atoms with Gasteiger partial charge in [-0.15, -0.1) is 11.3 Å². The van der Waals surface area contributed by atoms with Gasteiger partial charge in [-0.25, -0.2) is 4.98 Å². The van der Waals surface area contributed by atoms with Crippen molar-refractivity contribution >= 4 is 22.4 Å². The van der Waals surface area contributed by atoms with Gasteiger partial charge >= 0.3 is 0 Å². The standard InChI is InChI=1S/C14H21N3O2S/c18-13(4-3-12-2-1-10-19-12)16-6-8-17(9-7-16)14-15-5-11-20-14/h5,11-12H,1-4,6-10H2/t12-/m1/s1. The van der Waals surface area contributed by atoms with E-state index in [0.29, 0.717) is 12.5 Å². The van der Waals surface area contributed by atoms with Gasteiger partial charge in [0.1, 0.15) is 0 Å². The van der Waals surface area contributed by atoms with Crippen molar-refractivity contribution in [3.63, 3.8) is 0 Å². The van der Waals surface area contributed by atoms with E-state index >= 15 is 0 Å². The van der Waals surface area contributed by atoms with E-state index in [4.69, 9.17) is 4.74 Å². The van der Waals surface area contributed by atoms with Gasteiger partial charge in [0.25, 0.3) is 0 Å². The van der Waals surface area contributed by atoms with Gasteiger partial charge in [-0.3, -0.25) is 4.79 Å². The van der Waals surface area contributed by atoms with Crippen molar-refractivity contribution in [2.45, 2.75) is 31.8 Å². The number of aromatic nitrogens is 1. The lowest BCUT2D eigenvalue weighted by Gasteiger charge is -2.34. The molecule has 6 heteroatoms. The molecule has 2 aliphatic rings. The third-order valence-corrected chi connectivity index (χ3v) is 4.86. The van der Waals surface area contributed by atoms with Crippen LogP contribution in [0.5, 0.6) is 0 Å². The lowest BCUT2D eigenvalue weighted by molar-refractivity contribution is -0.132. The average molecular weight is 295 g/mol. The van der Waals surface area contributed by atoms with Crippen LogP contribution in [0.2, 0.25) is 0 Å². The number of hydrogen-bond donors (Lipinski definition) is 0. The summed E-state index contributed by atoms with van der Waals surface area (Å²) in [6.45, 7) is 4.26. The first-order chi connectivity index (χ1) is 9.83. The molecule has 20 heavy (non-hydrogen) atoms. The van der Waals surface area contributed by atoms with Gasteiger partial charge in [0.2, 0.25) is 5.91 Å². The first kappa shape index (κ1) is 13.8. The molecule has 3 rings (SSSR count). The second-order valence-corrected chi connectivity index (χ2v) is 6.23. The molecule has 1 aromatic rings. The number of carbonyl (C=O) groups excluding carboxylic acids is 1. The Hall–Kier alpha value is -1.14. The second kappa shape index (κ2) is 6.54. The smallest absolute Gasteiger partial charge is 0.222 e. The maximum absolute atomic E-state index is 12.2. The van der Waals surface area contributed by atoms with Gasteiger partial charge in [-0.05, 0) is 19.3 Å². The Labute approximate surface area is 123 Å². The van der Waals surface area contributed by atoms with Gasteiger partial charge in [0.15, 0.2) is 5.13 Å². The number of nitrogens with zero attached hydrogens (tertiary/aromatic N) is 3. The summed E-state index contributed by atoms with van der Waals surface area (Å²) >= 11 is 1.66. The monoisotopic (exact) mass is 295 g/mol. The van der Waals surface area contributed by atoms with E-state index in [2.05, 4.69) is 9.88 Å². The van der Waals surface area contributed by atoms with Crippen LogP contribution in [-0.2, 0) is 9.53 Å². The Morgan fingerprint density at radius 2 is 2.25 bits per heavy atom. The highest BCUT2D eigenvalue weighted by Gasteiger charge is 2.23. The zero-order valence-electron chi connectivity index (χ0n) is 11.7. The van der Waals surface area contributed by atoms with Crippen molar-refractivity contribution in [2.75, 3.05) is 37.7 Å². The summed E-state index contributed by atoms with van der Waals surface area (Å²) in [4.78, 5) is 20.8. The van der Waals surface area contributed by atoms with Crippen LogP contribution in [0.15, 0.2) is 11.6 Å². The first-order valence-corrected chi connectivity index (χ1v) is 8.25. The second-order valence-electron chi connectivity index (χ2n) is 5.36. The zero-order chi connectivity index (χ0) is 13.8. The minimum absolute atomic E-state index is 0.277. The van der Waals surface area contributed by atoms with Crippen LogP contribution >= 0.6 is 11.3 Å². The maximum Gasteiger partial charge on any atom is 0.222 e. The molecule has 2 aliphatic heterocycles. The Morgan fingerprint density at radius 3 is 2.90 bits per heavy atom. The molecule has 0 unspecified atom stereocenters. The molecule has 0 N–H and O–H groups in total. The van der Waals surface area contributed by atoms with E-state index in [1.807, 2.05) is 16.5 Å². The largest absolute Gasteiger partial charge is 0.378 e. The van der Waals surface area contributed by atoms with Crippen molar-refractivity contribution in [1.82, 2.24) is 9.88 Å². The number of anilines is 1. The fourth-order valence-corrected chi connectivity index (χ4v) is 3.53. The predicted octanol–water partition coefficient (Wildman–Crippen LogP) is 1.75. The highest BCUT2D eigenvalue weighted by atomic mass is 32.1. The molecule has 0 aliphatic carbocycles. The van der Waals surface area contributed by atoms with Crippen LogP contribution in [0, 0.1) is 0 Å². The Morgan fingerprint density at radius 1 is 1.40 bits per heavy atom. The molecule has 5 nitrogen and oxygen atoms in total. The minimum atomic E-state index is 0.277. The Bertz CT molecular complexity index is 424. The van der Waals surface area contributed by atoms with Gasteiger partial charge in [0.05, 0.1) is 6.10 Å². The van der Waals surface area contributed by atoms with E-state index in [1.165, 1.54) is 0 Å². The summed E-state index contributed by atoms with van der Waals surface area (Å²) in [5.74, 6) is 0.277. The zero-order valence-corrected chi connectivity index (χ0v) is 12.5. The molecule has 0 spiro atoms. The number of ether oxygens (including phenoxy) is 1. The van der Waals surface area contributed by atoms with Crippen LogP contribution in [0.3, 0.4) is 0 Å². The summed E-state index contributed by atoms with van der Waals surface area (Å²) < 4.78 is 5.57. The van der Waals surface area contributed by atoms with E-state index in [0.717, 1.165) is 57.2 Å². The number of amides is 1. The normalized spacial score (nSPS) is 23.3. The van der Waals surface area contributed by atoms with E-state index < -0.39 is 0 Å². The molecule has 0 bridgehead atoms. The van der Waals surface area contributed by atoms with Crippen LogP contribution in [0.25, 0.3) is 0 Å². The number of carbonyl (C=O) groups is 1. The fourth-order valence-electron chi connectivity index (χ4n) is 2.83. The lowest BCUT2D eigenvalue weighted by atomic mass is 10.1. The minimum Gasteiger partial charge on any atom is -0.378 e. The van der Waals surface area contributed by atoms with Gasteiger partial charge in [-0.1, -0.05) is 0 Å². The van der Waals surface area contributed by atoms with E-state index in [-0.39, 0.29) is 5.91 Å². The summed E-state index contributed by atoms with van der Waals surface area (Å²) in [7, 11) is 0. The SMILES string of the molecule is O=C(CC[C@H]1CCCO1)N1CCN(c2nccs2)CC1. The number of piperazine rings is 1. The van der Waals surface area contributed by atoms with Crippen LogP contribution < -0.4 is 4.90 Å². The first-order valence-electron chi connectivity index (χ1n) is 7.37. The highest BCUT2D eigenvalue weighted by Crippen LogP contribution is 2.20. The molecule has 0 radical (unpaired) electrons. The van der Waals surface area contributed by atoms with Crippen LogP contribution in [0.4, 0.5) is 5.13 Å². The third-order valence-electron chi connectivity index (χ3n) is 4.03. The van der Waals surface area contributed by atoms with E-state index in [9.17, 15) is 4.79 Å². The summed E-state index contributed by atoms with van der Waals surface area (Å²) in [6, 6.07) is 0. The van der Waals surface area contributed by atoms with Crippen molar-refractivity contribution in [1.29, 1.82) is 0 Å². The van der Waals surface area contributed by atoms with Gasteiger partial charge in [0, 0.05) is 50.8 Å². The number of hydrogen-bond acceptors (Lipinski definition) is 5. The molecule has 1 atom stereocenters. The van der Waals surface area contributed by atoms with Gasteiger partial charge < -0.3 is 14.5 Å². The molecular formula is C14H21N3O2S. The maximum atomic E-state index is 12.2.